The predicted octanol–water partition coefficient (Wildman–Crippen LogP) is 3.35. The Morgan fingerprint density at radius 2 is 2.00 bits per heavy atom. The molecule has 0 heterocycles. The van der Waals surface area contributed by atoms with Gasteiger partial charge in [0.1, 0.15) is 0 Å². The van der Waals surface area contributed by atoms with Crippen LogP contribution in [-0.2, 0) is 24.3 Å². The van der Waals surface area contributed by atoms with Crippen molar-refractivity contribution >= 4 is 24.2 Å². The lowest BCUT2D eigenvalue weighted by atomic mass is 9.78. The number of rotatable bonds is 8. The molecule has 22 heavy (non-hydrogen) atoms. The molecule has 2 N–H and O–H groups in total. The van der Waals surface area contributed by atoms with Gasteiger partial charge in [-0.1, -0.05) is 50.6 Å². The molecule has 0 aliphatic rings. The minimum Gasteiger partial charge on any atom is -0.379 e. The van der Waals surface area contributed by atoms with Gasteiger partial charge in [-0.05, 0) is 18.4 Å². The highest BCUT2D eigenvalue weighted by Gasteiger charge is 2.48. The number of nitrogens with one attached hydrogen (secondary N) is 1. The Balaban J connectivity index is 3.38. The van der Waals surface area contributed by atoms with Crippen LogP contribution in [0.2, 0.25) is 0 Å². The van der Waals surface area contributed by atoms with E-state index in [1.807, 2.05) is 13.8 Å². The standard InChI is InChI=1S/C14H21ClNO5P/c1-4-11(3)14(16-20-5-2,12-9-7-6-8-10-12)13(17)21-22(15,18)19/h6-11,16H,4-5H2,1-3H3,(H,18,19)/t11-,14+/m0/s1. The van der Waals surface area contributed by atoms with Gasteiger partial charge in [-0.3, -0.25) is 0 Å². The molecule has 0 saturated heterocycles. The van der Waals surface area contributed by atoms with Gasteiger partial charge in [0.2, 0.25) is 0 Å². The summed E-state index contributed by atoms with van der Waals surface area (Å²) in [6, 6.07) is 8.75. The number of carbonyl (C=O) groups is 1. The van der Waals surface area contributed by atoms with Gasteiger partial charge in [-0.15, -0.1) is 0 Å². The monoisotopic (exact) mass is 349 g/mol. The van der Waals surface area contributed by atoms with Crippen LogP contribution in [0.3, 0.4) is 0 Å². The molecule has 1 unspecified atom stereocenters. The van der Waals surface area contributed by atoms with E-state index in [1.165, 1.54) is 0 Å². The molecule has 0 spiro atoms. The highest BCUT2D eigenvalue weighted by atomic mass is 35.7. The van der Waals surface area contributed by atoms with Crippen LogP contribution in [0.4, 0.5) is 0 Å². The van der Waals surface area contributed by atoms with Crippen LogP contribution in [0.15, 0.2) is 30.3 Å². The molecular weight excluding hydrogens is 329 g/mol. The molecule has 6 nitrogen and oxygen atoms in total. The summed E-state index contributed by atoms with van der Waals surface area (Å²) in [6.45, 7) is 1.27. The third-order valence-corrected chi connectivity index (χ3v) is 4.07. The first-order chi connectivity index (χ1) is 10.3. The molecule has 1 aromatic rings. The summed E-state index contributed by atoms with van der Waals surface area (Å²) in [5, 5.41) is 0. The average Bonchev–Trinajstić information content (AvgIpc) is 2.47. The molecular formula is C14H21ClNO5P. The van der Waals surface area contributed by atoms with E-state index in [-0.39, 0.29) is 5.92 Å². The minimum absolute atomic E-state index is 0.280. The first-order valence-corrected chi connectivity index (χ1v) is 9.47. The smallest absolute Gasteiger partial charge is 0.379 e. The van der Waals surface area contributed by atoms with E-state index in [0.29, 0.717) is 18.6 Å². The van der Waals surface area contributed by atoms with Crippen molar-refractivity contribution in [2.24, 2.45) is 5.92 Å². The van der Waals surface area contributed by atoms with Crippen LogP contribution >= 0.6 is 18.2 Å². The third kappa shape index (κ3) is 4.54. The van der Waals surface area contributed by atoms with Crippen molar-refractivity contribution in [2.45, 2.75) is 32.7 Å². The Hall–Kier alpha value is -0.910. The number of benzene rings is 1. The zero-order valence-corrected chi connectivity index (χ0v) is 14.4. The number of hydroxylamine groups is 1. The van der Waals surface area contributed by atoms with Gasteiger partial charge >= 0.3 is 12.9 Å². The van der Waals surface area contributed by atoms with Crippen molar-refractivity contribution < 1.29 is 23.6 Å². The van der Waals surface area contributed by atoms with Crippen molar-refractivity contribution in [1.82, 2.24) is 5.48 Å². The van der Waals surface area contributed by atoms with Crippen LogP contribution in [-0.4, -0.2) is 17.5 Å². The zero-order valence-electron chi connectivity index (χ0n) is 12.8. The SMILES string of the molecule is CCON[C@@](C(=O)OP(=O)(O)Cl)(c1ccccc1)[C@@H](C)CC. The van der Waals surface area contributed by atoms with Gasteiger partial charge in [-0.2, -0.15) is 5.48 Å². The van der Waals surface area contributed by atoms with Crippen LogP contribution < -0.4 is 5.48 Å². The van der Waals surface area contributed by atoms with Gasteiger partial charge in [0, 0.05) is 11.2 Å². The molecule has 0 saturated carbocycles. The van der Waals surface area contributed by atoms with Crippen molar-refractivity contribution in [1.29, 1.82) is 0 Å². The highest BCUT2D eigenvalue weighted by Crippen LogP contribution is 2.50. The van der Waals surface area contributed by atoms with Crippen molar-refractivity contribution in [2.75, 3.05) is 6.61 Å². The number of hydrogen-bond acceptors (Lipinski definition) is 5. The largest absolute Gasteiger partial charge is 0.476 e. The van der Waals surface area contributed by atoms with Gasteiger partial charge < -0.3 is 14.3 Å². The summed E-state index contributed by atoms with van der Waals surface area (Å²) >= 11 is 5.20. The summed E-state index contributed by atoms with van der Waals surface area (Å²) in [5.41, 5.74) is 1.84. The summed E-state index contributed by atoms with van der Waals surface area (Å²) in [6.07, 6.45) is 0.599. The maximum absolute atomic E-state index is 12.6. The zero-order chi connectivity index (χ0) is 16.8. The summed E-state index contributed by atoms with van der Waals surface area (Å²) in [4.78, 5) is 27.0. The van der Waals surface area contributed by atoms with Crippen molar-refractivity contribution in [3.8, 4) is 0 Å². The maximum atomic E-state index is 12.6. The molecule has 0 aromatic heterocycles. The van der Waals surface area contributed by atoms with E-state index in [2.05, 4.69) is 10.0 Å². The second kappa shape index (κ2) is 8.09. The molecule has 8 heteroatoms. The maximum Gasteiger partial charge on any atom is 0.476 e. The Kier molecular flexibility index (Phi) is 7.03. The Labute approximate surface area is 135 Å². The molecule has 0 fully saturated rings. The Bertz CT molecular complexity index is 535. The van der Waals surface area contributed by atoms with Gasteiger partial charge in [0.05, 0.1) is 6.61 Å². The van der Waals surface area contributed by atoms with Crippen molar-refractivity contribution in [3.05, 3.63) is 35.9 Å². The molecule has 124 valence electrons. The summed E-state index contributed by atoms with van der Waals surface area (Å²) in [7, 11) is 0. The lowest BCUT2D eigenvalue weighted by Crippen LogP contribution is -2.54. The second-order valence-electron chi connectivity index (χ2n) is 4.85. The fourth-order valence-electron chi connectivity index (χ4n) is 2.17. The van der Waals surface area contributed by atoms with E-state index < -0.39 is 18.5 Å². The summed E-state index contributed by atoms with van der Waals surface area (Å²) in [5.74, 6) is -1.24. The van der Waals surface area contributed by atoms with Crippen LogP contribution in [0.1, 0.15) is 32.8 Å². The molecule has 1 rings (SSSR count). The molecule has 0 aliphatic heterocycles. The normalized spacial score (nSPS) is 18.0. The van der Waals surface area contributed by atoms with E-state index in [0.717, 1.165) is 0 Å². The number of halogens is 1. The van der Waals surface area contributed by atoms with Crippen LogP contribution in [0, 0.1) is 5.92 Å². The molecule has 1 aromatic carbocycles. The lowest BCUT2D eigenvalue weighted by Gasteiger charge is -2.37. The van der Waals surface area contributed by atoms with Crippen LogP contribution in [0.5, 0.6) is 0 Å². The van der Waals surface area contributed by atoms with E-state index >= 15 is 0 Å². The molecule has 0 radical (unpaired) electrons. The highest BCUT2D eigenvalue weighted by molar-refractivity contribution is 7.80. The second-order valence-corrected chi connectivity index (χ2v) is 7.22. The fraction of sp³-hybridized carbons (Fsp3) is 0.500. The van der Waals surface area contributed by atoms with Crippen molar-refractivity contribution in [3.63, 3.8) is 0 Å². The quantitative estimate of drug-likeness (QED) is 0.553. The molecule has 0 bridgehead atoms. The third-order valence-electron chi connectivity index (χ3n) is 3.48. The average molecular weight is 350 g/mol. The molecule has 0 amide bonds. The predicted molar refractivity (Wildman–Crippen MR) is 84.1 cm³/mol. The van der Waals surface area contributed by atoms with Gasteiger partial charge in [0.25, 0.3) is 0 Å². The first kappa shape index (κ1) is 19.1. The summed E-state index contributed by atoms with van der Waals surface area (Å²) < 4.78 is 15.9. The molecule has 0 aliphatic carbocycles. The minimum atomic E-state index is -4.49. The van der Waals surface area contributed by atoms with Gasteiger partial charge in [-0.25, -0.2) is 9.36 Å². The van der Waals surface area contributed by atoms with Gasteiger partial charge in [0.15, 0.2) is 5.54 Å². The van der Waals surface area contributed by atoms with E-state index in [1.54, 1.807) is 37.3 Å². The molecule has 3 atom stereocenters. The van der Waals surface area contributed by atoms with E-state index in [4.69, 9.17) is 16.1 Å². The lowest BCUT2D eigenvalue weighted by molar-refractivity contribution is -0.155. The first-order valence-electron chi connectivity index (χ1n) is 6.98. The fourth-order valence-corrected chi connectivity index (χ4v) is 2.71. The number of carbonyl (C=O) groups excluding carboxylic acids is 1. The topological polar surface area (TPSA) is 84.9 Å². The van der Waals surface area contributed by atoms with E-state index in [9.17, 15) is 14.3 Å². The Morgan fingerprint density at radius 1 is 1.41 bits per heavy atom. The number of hydrogen-bond donors (Lipinski definition) is 2. The van der Waals surface area contributed by atoms with Crippen LogP contribution in [0.25, 0.3) is 0 Å². The Morgan fingerprint density at radius 3 is 2.45 bits per heavy atom.